The van der Waals surface area contributed by atoms with Crippen LogP contribution in [0.25, 0.3) is 52.8 Å². The Morgan fingerprint density at radius 1 is 0.444 bits per heavy atom. The van der Waals surface area contributed by atoms with Gasteiger partial charge in [-0.15, -0.1) is 22.7 Å². The average Bonchev–Trinajstić information content (AvgIpc) is 4.08. The fraction of sp³-hybridized carbons (Fsp3) is 0.0588. The lowest BCUT2D eigenvalue weighted by atomic mass is 9.79. The van der Waals surface area contributed by atoms with Gasteiger partial charge in [0.15, 0.2) is 10.7 Å². The summed E-state index contributed by atoms with van der Waals surface area (Å²) >= 11 is 2.14. The minimum Gasteiger partial charge on any atom is -0.459 e. The Labute approximate surface area is 363 Å². The van der Waals surface area contributed by atoms with Gasteiger partial charge < -0.3 is 9.47 Å². The molecule has 2 heterocycles. The molecule has 11 rings (SSSR count). The molecule has 0 bridgehead atoms. The summed E-state index contributed by atoms with van der Waals surface area (Å²) in [5, 5.41) is 3.90. The Bertz CT molecular complexity index is 3500. The van der Waals surface area contributed by atoms with Crippen molar-refractivity contribution in [3.63, 3.8) is 0 Å². The SMILES string of the molecule is O=C(OCc1ccccc1)C1(C(=O)OCc2ccccc2)c2cc(N=c3c(=O)c4cc5ccccc5cc4c3=O)sc2-c2sc(N=c3c(=O)c4cc5ccccc5cc4c3=O)cc21. The fourth-order valence-electron chi connectivity index (χ4n) is 8.46. The van der Waals surface area contributed by atoms with Crippen LogP contribution in [-0.2, 0) is 37.7 Å². The summed E-state index contributed by atoms with van der Waals surface area (Å²) in [4.78, 5) is 95.3. The van der Waals surface area contributed by atoms with Crippen LogP contribution < -0.4 is 32.4 Å². The molecule has 0 unspecified atom stereocenters. The van der Waals surface area contributed by atoms with Crippen LogP contribution >= 0.6 is 22.7 Å². The molecule has 302 valence electrons. The number of thiophene rings is 2. The Hall–Kier alpha value is -7.80. The number of carbonyl (C=O) groups is 2. The van der Waals surface area contributed by atoms with Crippen LogP contribution in [0.2, 0.25) is 0 Å². The van der Waals surface area contributed by atoms with E-state index in [1.165, 1.54) is 12.1 Å². The molecule has 0 fully saturated rings. The topological polar surface area (TPSA) is 146 Å². The Morgan fingerprint density at radius 3 is 1.10 bits per heavy atom. The summed E-state index contributed by atoms with van der Waals surface area (Å²) in [6, 6.07) is 42.6. The number of hydrogen-bond acceptors (Lipinski definition) is 12. The third kappa shape index (κ3) is 6.05. The van der Waals surface area contributed by atoms with Crippen molar-refractivity contribution >= 4 is 87.7 Å². The molecule has 0 atom stereocenters. The molecule has 12 heteroatoms. The largest absolute Gasteiger partial charge is 0.459 e. The van der Waals surface area contributed by atoms with Gasteiger partial charge in [-0.25, -0.2) is 9.98 Å². The maximum atomic E-state index is 15.0. The molecule has 10 aromatic rings. The van der Waals surface area contributed by atoms with E-state index in [1.54, 1.807) is 72.8 Å². The van der Waals surface area contributed by atoms with Gasteiger partial charge in [0.25, 0.3) is 0 Å². The second-order valence-electron chi connectivity index (χ2n) is 15.3. The number of hydrogen-bond donors (Lipinski definition) is 0. The van der Waals surface area contributed by atoms with Gasteiger partial charge in [-0.3, -0.25) is 28.8 Å². The summed E-state index contributed by atoms with van der Waals surface area (Å²) in [6.45, 7) is -0.357. The van der Waals surface area contributed by atoms with Crippen LogP contribution in [0.15, 0.2) is 175 Å². The fourth-order valence-corrected chi connectivity index (χ4v) is 10.8. The van der Waals surface area contributed by atoms with E-state index in [4.69, 9.17) is 9.47 Å². The lowest BCUT2D eigenvalue weighted by molar-refractivity contribution is -0.164. The first-order valence-electron chi connectivity index (χ1n) is 19.8. The monoisotopic (exact) mass is 860 g/mol. The predicted octanol–water partition coefficient (Wildman–Crippen LogP) is 7.83. The van der Waals surface area contributed by atoms with Crippen molar-refractivity contribution in [1.29, 1.82) is 0 Å². The van der Waals surface area contributed by atoms with Gasteiger partial charge in [0.2, 0.25) is 27.1 Å². The van der Waals surface area contributed by atoms with E-state index in [2.05, 4.69) is 9.98 Å². The van der Waals surface area contributed by atoms with Gasteiger partial charge in [0, 0.05) is 32.7 Å². The van der Waals surface area contributed by atoms with E-state index >= 15 is 0 Å². The zero-order valence-corrected chi connectivity index (χ0v) is 34.4. The second-order valence-corrected chi connectivity index (χ2v) is 17.3. The third-order valence-electron chi connectivity index (χ3n) is 11.5. The minimum atomic E-state index is -2.24. The summed E-state index contributed by atoms with van der Waals surface area (Å²) in [5.41, 5.74) is -2.69. The third-order valence-corrected chi connectivity index (χ3v) is 13.8. The van der Waals surface area contributed by atoms with E-state index in [0.717, 1.165) is 44.2 Å². The maximum Gasteiger partial charge on any atom is 0.333 e. The van der Waals surface area contributed by atoms with Gasteiger partial charge in [-0.2, -0.15) is 0 Å². The summed E-state index contributed by atoms with van der Waals surface area (Å²) in [5.74, 6) is -1.89. The summed E-state index contributed by atoms with van der Waals surface area (Å²) in [6.07, 6.45) is 0. The highest BCUT2D eigenvalue weighted by molar-refractivity contribution is 7.26. The van der Waals surface area contributed by atoms with Gasteiger partial charge in [-0.1, -0.05) is 109 Å². The van der Waals surface area contributed by atoms with Crippen molar-refractivity contribution in [2.75, 3.05) is 0 Å². The van der Waals surface area contributed by atoms with Crippen molar-refractivity contribution in [3.05, 3.63) is 219 Å². The standard InChI is InChI=1S/C51H28N2O8S2/c54-43-33-19-29-15-7-8-16-30(29)20-34(33)44(55)41(43)52-39-23-37-47(62-39)48-38(24-40(63-48)53-42-45(56)35-21-31-17-9-10-18-32(31)22-36(35)46(42)57)51(37,49(58)60-25-27-11-3-1-4-12-27)50(59)61-26-28-13-5-2-6-14-28/h1-24H,25-26H2. The quantitative estimate of drug-likeness (QED) is 0.111. The van der Waals surface area contributed by atoms with E-state index in [9.17, 15) is 28.8 Å². The lowest BCUT2D eigenvalue weighted by Gasteiger charge is -2.26. The molecular formula is C51H28N2O8S2. The lowest BCUT2D eigenvalue weighted by Crippen LogP contribution is -2.45. The molecule has 0 aliphatic heterocycles. The molecular weight excluding hydrogens is 833 g/mol. The first-order valence-corrected chi connectivity index (χ1v) is 21.5. The van der Waals surface area contributed by atoms with Gasteiger partial charge in [0.1, 0.15) is 23.2 Å². The Kier molecular flexibility index (Phi) is 8.89. The van der Waals surface area contributed by atoms with E-state index in [1.807, 2.05) is 60.7 Å². The maximum absolute atomic E-state index is 15.0. The number of ether oxygens (including phenoxy) is 2. The highest BCUT2D eigenvalue weighted by Gasteiger charge is 2.60. The first kappa shape index (κ1) is 38.1. The number of benzene rings is 6. The summed E-state index contributed by atoms with van der Waals surface area (Å²) in [7, 11) is 0. The second kappa shape index (κ2) is 14.7. The van der Waals surface area contributed by atoms with Gasteiger partial charge >= 0.3 is 11.9 Å². The summed E-state index contributed by atoms with van der Waals surface area (Å²) < 4.78 is 12.0. The van der Waals surface area contributed by atoms with Crippen LogP contribution in [0.1, 0.15) is 22.3 Å². The van der Waals surface area contributed by atoms with Gasteiger partial charge in [0.05, 0.1) is 9.75 Å². The van der Waals surface area contributed by atoms with E-state index in [-0.39, 0.29) is 66.6 Å². The number of fused-ring (bicyclic) bond motifs is 7. The molecule has 2 aromatic heterocycles. The van der Waals surface area contributed by atoms with Crippen LogP contribution in [0.4, 0.5) is 10.0 Å². The molecule has 0 N–H and O–H groups in total. The van der Waals surface area contributed by atoms with Crippen molar-refractivity contribution < 1.29 is 19.1 Å². The van der Waals surface area contributed by atoms with E-state index < -0.39 is 39.1 Å². The minimum absolute atomic E-state index is 0.179. The number of carbonyl (C=O) groups excluding carboxylic acids is 2. The number of esters is 2. The van der Waals surface area contributed by atoms with Crippen LogP contribution in [-0.4, -0.2) is 11.9 Å². The van der Waals surface area contributed by atoms with Crippen molar-refractivity contribution in [2.24, 2.45) is 9.98 Å². The van der Waals surface area contributed by atoms with Crippen LogP contribution in [0, 0.1) is 0 Å². The highest BCUT2D eigenvalue weighted by Crippen LogP contribution is 2.59. The molecule has 0 amide bonds. The van der Waals surface area contributed by atoms with Crippen molar-refractivity contribution in [2.45, 2.75) is 18.6 Å². The molecule has 1 aliphatic carbocycles. The van der Waals surface area contributed by atoms with E-state index in [0.29, 0.717) is 20.9 Å². The molecule has 8 aromatic carbocycles. The Morgan fingerprint density at radius 2 is 0.762 bits per heavy atom. The smallest absolute Gasteiger partial charge is 0.333 e. The number of rotatable bonds is 8. The molecule has 0 radical (unpaired) electrons. The number of nitrogens with zero attached hydrogens (tertiary/aromatic N) is 2. The molecule has 0 saturated carbocycles. The zero-order chi connectivity index (χ0) is 43.0. The molecule has 0 spiro atoms. The molecule has 10 nitrogen and oxygen atoms in total. The highest BCUT2D eigenvalue weighted by atomic mass is 32.1. The predicted molar refractivity (Wildman–Crippen MR) is 244 cm³/mol. The molecule has 63 heavy (non-hydrogen) atoms. The van der Waals surface area contributed by atoms with Gasteiger partial charge in [-0.05, 0) is 69.1 Å². The zero-order valence-electron chi connectivity index (χ0n) is 32.7. The van der Waals surface area contributed by atoms with Crippen molar-refractivity contribution in [3.8, 4) is 9.75 Å². The first-order chi connectivity index (χ1) is 30.7. The Balaban J connectivity index is 1.12. The normalized spacial score (nSPS) is 12.8. The van der Waals surface area contributed by atoms with Crippen LogP contribution in [0.3, 0.4) is 0 Å². The van der Waals surface area contributed by atoms with Crippen molar-refractivity contribution in [1.82, 2.24) is 0 Å². The van der Waals surface area contributed by atoms with Crippen LogP contribution in [0.5, 0.6) is 0 Å². The molecule has 0 saturated heterocycles. The average molecular weight is 861 g/mol. The molecule has 1 aliphatic rings.